The van der Waals surface area contributed by atoms with Crippen molar-refractivity contribution in [2.75, 3.05) is 12.4 Å². The first-order valence-electron chi connectivity index (χ1n) is 12.7. The van der Waals surface area contributed by atoms with E-state index in [0.717, 1.165) is 36.1 Å². The molecule has 0 saturated carbocycles. The van der Waals surface area contributed by atoms with Crippen molar-refractivity contribution < 1.29 is 14.3 Å². The first-order chi connectivity index (χ1) is 17.6. The molecular weight excluding hydrogens is 472 g/mol. The van der Waals surface area contributed by atoms with E-state index in [-0.39, 0.29) is 11.8 Å². The van der Waals surface area contributed by atoms with Crippen molar-refractivity contribution in [3.8, 4) is 16.3 Å². The molecule has 0 aliphatic heterocycles. The minimum Gasteiger partial charge on any atom is -0.497 e. The molecule has 0 spiro atoms. The standard InChI is InChI=1S/C28H36N4O3S/c1-3-4-5-6-7-8-12-18-25(33)29-24(19-21-14-10-9-11-15-21)26(34)30-28-32-31-27(36-28)22-16-13-17-23(20-22)35-2/h9-11,13-17,20,24H,3-8,12,18-19H2,1-2H3,(H,29,33)(H,30,32,34). The smallest absolute Gasteiger partial charge is 0.249 e. The van der Waals surface area contributed by atoms with E-state index in [2.05, 4.69) is 27.8 Å². The summed E-state index contributed by atoms with van der Waals surface area (Å²) in [4.78, 5) is 25.8. The average Bonchev–Trinajstić information content (AvgIpc) is 3.37. The van der Waals surface area contributed by atoms with Crippen LogP contribution in [0.3, 0.4) is 0 Å². The summed E-state index contributed by atoms with van der Waals surface area (Å²) in [6.07, 6.45) is 8.80. The average molecular weight is 509 g/mol. The maximum atomic E-state index is 13.2. The molecule has 0 bridgehead atoms. The minimum absolute atomic E-state index is 0.103. The van der Waals surface area contributed by atoms with Gasteiger partial charge in [-0.1, -0.05) is 99.3 Å². The molecule has 1 atom stereocenters. The van der Waals surface area contributed by atoms with Crippen LogP contribution in [0.5, 0.6) is 5.75 Å². The highest BCUT2D eigenvalue weighted by Crippen LogP contribution is 2.28. The third-order valence-corrected chi connectivity index (χ3v) is 6.80. The van der Waals surface area contributed by atoms with Gasteiger partial charge < -0.3 is 10.1 Å². The lowest BCUT2D eigenvalue weighted by molar-refractivity contribution is -0.126. The van der Waals surface area contributed by atoms with Gasteiger partial charge in [0.2, 0.25) is 16.9 Å². The Bertz CT molecular complexity index is 1090. The van der Waals surface area contributed by atoms with Gasteiger partial charge in [0, 0.05) is 18.4 Å². The summed E-state index contributed by atoms with van der Waals surface area (Å²) in [6, 6.07) is 16.5. The van der Waals surface area contributed by atoms with E-state index in [1.807, 2.05) is 54.6 Å². The fourth-order valence-corrected chi connectivity index (χ4v) is 4.65. The summed E-state index contributed by atoms with van der Waals surface area (Å²) >= 11 is 1.28. The van der Waals surface area contributed by atoms with E-state index in [9.17, 15) is 9.59 Å². The number of carbonyl (C=O) groups excluding carboxylic acids is 2. The first kappa shape index (κ1) is 27.3. The van der Waals surface area contributed by atoms with Gasteiger partial charge >= 0.3 is 0 Å². The van der Waals surface area contributed by atoms with Crippen molar-refractivity contribution in [1.29, 1.82) is 0 Å². The zero-order valence-corrected chi connectivity index (χ0v) is 22.0. The third kappa shape index (κ3) is 9.07. The fraction of sp³-hybridized carbons (Fsp3) is 0.429. The number of nitrogens with zero attached hydrogens (tertiary/aromatic N) is 2. The Labute approximate surface area is 217 Å². The van der Waals surface area contributed by atoms with Crippen LogP contribution < -0.4 is 15.4 Å². The number of benzene rings is 2. The number of nitrogens with one attached hydrogen (secondary N) is 2. The summed E-state index contributed by atoms with van der Waals surface area (Å²) in [5.41, 5.74) is 1.83. The summed E-state index contributed by atoms with van der Waals surface area (Å²) in [7, 11) is 1.61. The molecule has 0 aliphatic rings. The Hall–Kier alpha value is -3.26. The molecule has 0 radical (unpaired) electrons. The van der Waals surface area contributed by atoms with Gasteiger partial charge in [0.05, 0.1) is 7.11 Å². The van der Waals surface area contributed by atoms with Gasteiger partial charge in [0.15, 0.2) is 0 Å². The normalized spacial score (nSPS) is 11.6. The Morgan fingerprint density at radius 1 is 0.944 bits per heavy atom. The van der Waals surface area contributed by atoms with Gasteiger partial charge in [-0.05, 0) is 24.1 Å². The molecule has 192 valence electrons. The van der Waals surface area contributed by atoms with Crippen LogP contribution in [0.4, 0.5) is 5.13 Å². The van der Waals surface area contributed by atoms with E-state index < -0.39 is 6.04 Å². The largest absolute Gasteiger partial charge is 0.497 e. The minimum atomic E-state index is -0.700. The summed E-state index contributed by atoms with van der Waals surface area (Å²) in [6.45, 7) is 2.21. The van der Waals surface area contributed by atoms with E-state index in [0.29, 0.717) is 23.0 Å². The summed E-state index contributed by atoms with van der Waals surface area (Å²) in [5.74, 6) is 0.314. The Balaban J connectivity index is 1.59. The zero-order valence-electron chi connectivity index (χ0n) is 21.2. The number of hydrogen-bond donors (Lipinski definition) is 2. The molecule has 2 aromatic carbocycles. The lowest BCUT2D eigenvalue weighted by atomic mass is 10.0. The summed E-state index contributed by atoms with van der Waals surface area (Å²) in [5, 5.41) is 15.2. The summed E-state index contributed by atoms with van der Waals surface area (Å²) < 4.78 is 5.28. The van der Waals surface area contributed by atoms with E-state index in [1.165, 1.54) is 37.0 Å². The number of rotatable bonds is 15. The number of aromatic nitrogens is 2. The monoisotopic (exact) mass is 508 g/mol. The molecule has 3 aromatic rings. The maximum absolute atomic E-state index is 13.2. The van der Waals surface area contributed by atoms with Crippen LogP contribution in [0.2, 0.25) is 0 Å². The van der Waals surface area contributed by atoms with Crippen molar-refractivity contribution in [3.05, 3.63) is 60.2 Å². The highest BCUT2D eigenvalue weighted by Gasteiger charge is 2.23. The van der Waals surface area contributed by atoms with Gasteiger partial charge in [0.1, 0.15) is 16.8 Å². The highest BCUT2D eigenvalue weighted by molar-refractivity contribution is 7.18. The molecule has 1 heterocycles. The Kier molecular flexibility index (Phi) is 11.4. The number of ether oxygens (including phenoxy) is 1. The lowest BCUT2D eigenvalue weighted by Gasteiger charge is -2.18. The molecular formula is C28H36N4O3S. The second-order valence-corrected chi connectivity index (χ2v) is 9.79. The number of amides is 2. The predicted molar refractivity (Wildman–Crippen MR) is 145 cm³/mol. The zero-order chi connectivity index (χ0) is 25.6. The molecule has 2 N–H and O–H groups in total. The second kappa shape index (κ2) is 15.0. The molecule has 1 aromatic heterocycles. The lowest BCUT2D eigenvalue weighted by Crippen LogP contribution is -2.45. The quantitative estimate of drug-likeness (QED) is 0.245. The number of methoxy groups -OCH3 is 1. The van der Waals surface area contributed by atoms with Gasteiger partial charge in [-0.15, -0.1) is 10.2 Å². The number of anilines is 1. The van der Waals surface area contributed by atoms with Crippen LogP contribution >= 0.6 is 11.3 Å². The first-order valence-corrected chi connectivity index (χ1v) is 13.5. The Morgan fingerprint density at radius 3 is 2.44 bits per heavy atom. The molecule has 36 heavy (non-hydrogen) atoms. The predicted octanol–water partition coefficient (Wildman–Crippen LogP) is 6.02. The van der Waals surface area contributed by atoms with Gasteiger partial charge in [0.25, 0.3) is 0 Å². The van der Waals surface area contributed by atoms with Gasteiger partial charge in [-0.25, -0.2) is 0 Å². The maximum Gasteiger partial charge on any atom is 0.249 e. The van der Waals surface area contributed by atoms with Crippen LogP contribution in [0, 0.1) is 0 Å². The van der Waals surface area contributed by atoms with E-state index >= 15 is 0 Å². The molecule has 1 unspecified atom stereocenters. The van der Waals surface area contributed by atoms with Crippen LogP contribution in [0.15, 0.2) is 54.6 Å². The second-order valence-electron chi connectivity index (χ2n) is 8.81. The van der Waals surface area contributed by atoms with E-state index in [4.69, 9.17) is 4.74 Å². The fourth-order valence-electron chi connectivity index (χ4n) is 3.91. The molecule has 3 rings (SSSR count). The van der Waals surface area contributed by atoms with Crippen molar-refractivity contribution in [3.63, 3.8) is 0 Å². The topological polar surface area (TPSA) is 93.2 Å². The van der Waals surface area contributed by atoms with Crippen LogP contribution in [0.1, 0.15) is 63.9 Å². The van der Waals surface area contributed by atoms with Gasteiger partial charge in [-0.2, -0.15) is 0 Å². The van der Waals surface area contributed by atoms with Crippen LogP contribution in [-0.4, -0.2) is 35.2 Å². The number of carbonyl (C=O) groups is 2. The van der Waals surface area contributed by atoms with Crippen molar-refractivity contribution in [2.24, 2.45) is 0 Å². The molecule has 8 heteroatoms. The SMILES string of the molecule is CCCCCCCCCC(=O)NC(Cc1ccccc1)C(=O)Nc1nnc(-c2cccc(OC)c2)s1. The number of unbranched alkanes of at least 4 members (excludes halogenated alkanes) is 6. The van der Waals surface area contributed by atoms with Gasteiger partial charge in [-0.3, -0.25) is 14.9 Å². The molecule has 0 fully saturated rings. The highest BCUT2D eigenvalue weighted by atomic mass is 32.1. The third-order valence-electron chi connectivity index (χ3n) is 5.91. The van der Waals surface area contributed by atoms with Crippen molar-refractivity contribution >= 4 is 28.3 Å². The van der Waals surface area contributed by atoms with Crippen molar-refractivity contribution in [2.45, 2.75) is 70.8 Å². The number of hydrogen-bond acceptors (Lipinski definition) is 6. The molecule has 0 saturated heterocycles. The molecule has 0 aliphatic carbocycles. The van der Waals surface area contributed by atoms with Crippen LogP contribution in [0.25, 0.3) is 10.6 Å². The molecule has 2 amide bonds. The van der Waals surface area contributed by atoms with Crippen molar-refractivity contribution in [1.82, 2.24) is 15.5 Å². The molecule has 7 nitrogen and oxygen atoms in total. The van der Waals surface area contributed by atoms with E-state index in [1.54, 1.807) is 7.11 Å². The Morgan fingerprint density at radius 2 is 1.69 bits per heavy atom. The van der Waals surface area contributed by atoms with Crippen LogP contribution in [-0.2, 0) is 16.0 Å².